The van der Waals surface area contributed by atoms with E-state index < -0.39 is 0 Å². The van der Waals surface area contributed by atoms with Crippen molar-refractivity contribution >= 4 is 85.9 Å². The van der Waals surface area contributed by atoms with Crippen molar-refractivity contribution in [3.05, 3.63) is 164 Å². The predicted molar refractivity (Wildman–Crippen MR) is 212 cm³/mol. The standard InChI is InChI=1S/C46H30N2S/c1-3-14-31(15-4-1)47-40-21-11-9-19-34(40)38-27-30(24-26-41(38)47)37-28-39-35-25-23-29-13-7-8-18-33(29)44(35)48(32-16-5-2-6-17-32)45(39)46-43(37)36-20-10-12-22-42(36)49-46/h1-14,16-28,31H,15H2/t31-/m0/s1. The van der Waals surface area contributed by atoms with E-state index in [2.05, 4.69) is 173 Å². The molecule has 3 heterocycles. The number of allylic oxidation sites excluding steroid dienone is 4. The van der Waals surface area contributed by atoms with Crippen molar-refractivity contribution < 1.29 is 0 Å². The number of thiophene rings is 1. The van der Waals surface area contributed by atoms with Gasteiger partial charge in [-0.2, -0.15) is 0 Å². The summed E-state index contributed by atoms with van der Waals surface area (Å²) in [6.07, 6.45) is 9.96. The Balaban J connectivity index is 1.29. The zero-order valence-electron chi connectivity index (χ0n) is 26.7. The maximum Gasteiger partial charge on any atom is 0.0720 e. The van der Waals surface area contributed by atoms with Crippen molar-refractivity contribution in [1.82, 2.24) is 9.13 Å². The van der Waals surface area contributed by atoms with E-state index in [9.17, 15) is 0 Å². The van der Waals surface area contributed by atoms with E-state index in [1.165, 1.54) is 91.4 Å². The molecule has 0 unspecified atom stereocenters. The highest BCUT2D eigenvalue weighted by molar-refractivity contribution is 7.26. The van der Waals surface area contributed by atoms with Gasteiger partial charge in [-0.25, -0.2) is 0 Å². The summed E-state index contributed by atoms with van der Waals surface area (Å²) < 4.78 is 7.71. The first-order valence-corrected chi connectivity index (χ1v) is 17.9. The van der Waals surface area contributed by atoms with Crippen molar-refractivity contribution in [2.45, 2.75) is 12.5 Å². The number of hydrogen-bond acceptors (Lipinski definition) is 1. The Hall–Kier alpha value is -5.90. The molecule has 0 aliphatic heterocycles. The van der Waals surface area contributed by atoms with Crippen molar-refractivity contribution in [2.24, 2.45) is 0 Å². The van der Waals surface area contributed by atoms with Gasteiger partial charge in [0.2, 0.25) is 0 Å². The second kappa shape index (κ2) is 10.3. The van der Waals surface area contributed by atoms with Crippen molar-refractivity contribution in [1.29, 1.82) is 0 Å². The minimum atomic E-state index is 0.307. The monoisotopic (exact) mass is 642 g/mol. The lowest BCUT2D eigenvalue weighted by atomic mass is 9.95. The van der Waals surface area contributed by atoms with Crippen LogP contribution in [-0.4, -0.2) is 9.13 Å². The van der Waals surface area contributed by atoms with Gasteiger partial charge in [0.05, 0.1) is 21.8 Å². The van der Waals surface area contributed by atoms with Crippen LogP contribution in [0, 0.1) is 0 Å². The lowest BCUT2D eigenvalue weighted by Crippen LogP contribution is -2.06. The van der Waals surface area contributed by atoms with Gasteiger partial charge in [-0.15, -0.1) is 11.3 Å². The second-order valence-corrected chi connectivity index (χ2v) is 14.3. The first-order valence-electron chi connectivity index (χ1n) is 17.1. The summed E-state index contributed by atoms with van der Waals surface area (Å²) in [4.78, 5) is 0. The summed E-state index contributed by atoms with van der Waals surface area (Å²) in [6, 6.07) is 52.2. The highest BCUT2D eigenvalue weighted by atomic mass is 32.1. The van der Waals surface area contributed by atoms with E-state index in [1.54, 1.807) is 0 Å². The number of rotatable bonds is 3. The number of benzene rings is 7. The van der Waals surface area contributed by atoms with Crippen molar-refractivity contribution in [3.63, 3.8) is 0 Å². The summed E-state index contributed by atoms with van der Waals surface area (Å²) in [5.41, 5.74) is 8.86. The fraction of sp³-hybridized carbons (Fsp3) is 0.0435. The van der Waals surface area contributed by atoms with E-state index in [1.807, 2.05) is 11.3 Å². The van der Waals surface area contributed by atoms with E-state index >= 15 is 0 Å². The highest BCUT2D eigenvalue weighted by Gasteiger charge is 2.23. The SMILES string of the molecule is C1=CC[C@@H](n2c3ccccc3c3cc(-c4cc5c6ccc7ccccc7c6n(-c6ccccc6)c5c5sc6ccccc6c45)ccc32)C=C1. The molecule has 0 amide bonds. The van der Waals surface area contributed by atoms with Gasteiger partial charge in [-0.05, 0) is 65.4 Å². The van der Waals surface area contributed by atoms with Gasteiger partial charge in [-0.1, -0.05) is 121 Å². The third-order valence-electron chi connectivity index (χ3n) is 10.6. The minimum Gasteiger partial charge on any atom is -0.333 e. The van der Waals surface area contributed by atoms with E-state index in [0.717, 1.165) is 6.42 Å². The van der Waals surface area contributed by atoms with Gasteiger partial charge in [0.1, 0.15) is 0 Å². The molecule has 3 heteroatoms. The van der Waals surface area contributed by atoms with Crippen LogP contribution in [0.4, 0.5) is 0 Å². The highest BCUT2D eigenvalue weighted by Crippen LogP contribution is 2.49. The molecule has 0 spiro atoms. The van der Waals surface area contributed by atoms with Gasteiger partial charge in [0.25, 0.3) is 0 Å². The second-order valence-electron chi connectivity index (χ2n) is 13.2. The molecule has 0 saturated heterocycles. The molecule has 1 atom stereocenters. The first kappa shape index (κ1) is 27.1. The van der Waals surface area contributed by atoms with Crippen LogP contribution < -0.4 is 0 Å². The number of hydrogen-bond donors (Lipinski definition) is 0. The van der Waals surface area contributed by atoms with Crippen LogP contribution in [0.1, 0.15) is 12.5 Å². The molecule has 2 nitrogen and oxygen atoms in total. The number of para-hydroxylation sites is 2. The van der Waals surface area contributed by atoms with Crippen LogP contribution in [-0.2, 0) is 0 Å². The van der Waals surface area contributed by atoms with Gasteiger partial charge in [-0.3, -0.25) is 0 Å². The van der Waals surface area contributed by atoms with E-state index in [4.69, 9.17) is 0 Å². The average molecular weight is 643 g/mol. The van der Waals surface area contributed by atoms with Gasteiger partial charge < -0.3 is 9.13 Å². The lowest BCUT2D eigenvalue weighted by molar-refractivity contribution is 0.648. The normalized spacial score (nSPS) is 14.9. The average Bonchev–Trinajstić information content (AvgIpc) is 3.83. The minimum absolute atomic E-state index is 0.307. The van der Waals surface area contributed by atoms with Crippen molar-refractivity contribution in [2.75, 3.05) is 0 Å². The molecule has 230 valence electrons. The molecule has 7 aromatic carbocycles. The van der Waals surface area contributed by atoms with Crippen LogP contribution in [0.2, 0.25) is 0 Å². The topological polar surface area (TPSA) is 9.86 Å². The zero-order chi connectivity index (χ0) is 32.1. The lowest BCUT2D eigenvalue weighted by Gasteiger charge is -2.18. The van der Waals surface area contributed by atoms with Crippen LogP contribution in [0.25, 0.3) is 91.4 Å². The summed E-state index contributed by atoms with van der Waals surface area (Å²) in [5.74, 6) is 0. The molecule has 3 aromatic heterocycles. The number of aromatic nitrogens is 2. The van der Waals surface area contributed by atoms with E-state index in [0.29, 0.717) is 6.04 Å². The molecule has 49 heavy (non-hydrogen) atoms. The van der Waals surface area contributed by atoms with Gasteiger partial charge in [0, 0.05) is 59.1 Å². The molecular formula is C46H30N2S. The van der Waals surface area contributed by atoms with Gasteiger partial charge >= 0.3 is 0 Å². The number of fused-ring (bicyclic) bond motifs is 12. The van der Waals surface area contributed by atoms with Crippen molar-refractivity contribution in [3.8, 4) is 16.8 Å². The Morgan fingerprint density at radius 2 is 1.33 bits per heavy atom. The van der Waals surface area contributed by atoms with Crippen LogP contribution >= 0.6 is 11.3 Å². The molecule has 0 radical (unpaired) electrons. The molecule has 10 aromatic rings. The predicted octanol–water partition coefficient (Wildman–Crippen LogP) is 13.1. The Morgan fingerprint density at radius 3 is 2.20 bits per heavy atom. The third-order valence-corrected chi connectivity index (χ3v) is 11.8. The Bertz CT molecular complexity index is 3020. The zero-order valence-corrected chi connectivity index (χ0v) is 27.5. The first-order chi connectivity index (χ1) is 24.3. The summed E-state index contributed by atoms with van der Waals surface area (Å²) in [7, 11) is 0. The number of nitrogens with zero attached hydrogens (tertiary/aromatic N) is 2. The fourth-order valence-corrected chi connectivity index (χ4v) is 9.76. The molecule has 11 rings (SSSR count). The fourth-order valence-electron chi connectivity index (χ4n) is 8.49. The van der Waals surface area contributed by atoms with Crippen LogP contribution in [0.5, 0.6) is 0 Å². The summed E-state index contributed by atoms with van der Waals surface area (Å²) in [6.45, 7) is 0. The van der Waals surface area contributed by atoms with Crippen LogP contribution in [0.15, 0.2) is 164 Å². The molecule has 0 N–H and O–H groups in total. The smallest absolute Gasteiger partial charge is 0.0720 e. The summed E-state index contributed by atoms with van der Waals surface area (Å²) in [5, 5.41) is 10.4. The van der Waals surface area contributed by atoms with E-state index in [-0.39, 0.29) is 0 Å². The maximum absolute atomic E-state index is 2.53. The molecule has 1 aliphatic carbocycles. The molecule has 0 bridgehead atoms. The Kier molecular flexibility index (Phi) is 5.69. The molecule has 1 aliphatic rings. The Labute approximate surface area is 287 Å². The Morgan fingerprint density at radius 1 is 0.551 bits per heavy atom. The third kappa shape index (κ3) is 3.82. The van der Waals surface area contributed by atoms with Gasteiger partial charge in [0.15, 0.2) is 0 Å². The quantitative estimate of drug-likeness (QED) is 0.181. The molecule has 0 fully saturated rings. The molecule has 0 saturated carbocycles. The van der Waals surface area contributed by atoms with Crippen LogP contribution in [0.3, 0.4) is 0 Å². The largest absolute Gasteiger partial charge is 0.333 e. The maximum atomic E-state index is 2.53. The molecular weight excluding hydrogens is 613 g/mol. The summed E-state index contributed by atoms with van der Waals surface area (Å²) >= 11 is 1.92.